The SMILES string of the molecule is CCOC(=O)C1C(C)=NC(=O)N=C1SCC(=O)N1CCC(C)CC1. The summed E-state index contributed by atoms with van der Waals surface area (Å²) >= 11 is 1.13. The van der Waals surface area contributed by atoms with Gasteiger partial charge in [0.15, 0.2) is 0 Å². The van der Waals surface area contributed by atoms with Crippen LogP contribution < -0.4 is 0 Å². The Morgan fingerprint density at radius 2 is 1.96 bits per heavy atom. The predicted molar refractivity (Wildman–Crippen MR) is 93.5 cm³/mol. The van der Waals surface area contributed by atoms with Gasteiger partial charge < -0.3 is 9.64 Å². The predicted octanol–water partition coefficient (Wildman–Crippen LogP) is 2.15. The minimum absolute atomic E-state index is 0.00447. The fraction of sp³-hybridized carbons (Fsp3) is 0.688. The molecule has 2 rings (SSSR count). The highest BCUT2D eigenvalue weighted by Crippen LogP contribution is 2.23. The molecule has 1 unspecified atom stereocenters. The molecule has 0 aromatic rings. The molecular formula is C16H23N3O4S. The van der Waals surface area contributed by atoms with Crippen LogP contribution in [0.15, 0.2) is 9.98 Å². The third-order valence-electron chi connectivity index (χ3n) is 4.14. The summed E-state index contributed by atoms with van der Waals surface area (Å²) in [4.78, 5) is 45.4. The van der Waals surface area contributed by atoms with Crippen molar-refractivity contribution < 1.29 is 19.1 Å². The zero-order chi connectivity index (χ0) is 17.7. The lowest BCUT2D eigenvalue weighted by Gasteiger charge is -2.30. The third-order valence-corrected chi connectivity index (χ3v) is 5.16. The number of piperidine rings is 1. The second-order valence-electron chi connectivity index (χ2n) is 6.02. The van der Waals surface area contributed by atoms with Crippen LogP contribution in [-0.2, 0) is 14.3 Å². The number of esters is 1. The van der Waals surface area contributed by atoms with Crippen LogP contribution in [0, 0.1) is 11.8 Å². The van der Waals surface area contributed by atoms with Crippen LogP contribution in [0.25, 0.3) is 0 Å². The van der Waals surface area contributed by atoms with E-state index in [1.165, 1.54) is 0 Å². The van der Waals surface area contributed by atoms with Crippen molar-refractivity contribution in [1.29, 1.82) is 0 Å². The van der Waals surface area contributed by atoms with Gasteiger partial charge in [-0.3, -0.25) is 9.59 Å². The van der Waals surface area contributed by atoms with E-state index in [4.69, 9.17) is 4.74 Å². The first-order valence-corrected chi connectivity index (χ1v) is 9.15. The molecule has 2 aliphatic rings. The highest BCUT2D eigenvalue weighted by atomic mass is 32.2. The van der Waals surface area contributed by atoms with Crippen molar-refractivity contribution in [1.82, 2.24) is 4.90 Å². The monoisotopic (exact) mass is 353 g/mol. The smallest absolute Gasteiger partial charge is 0.367 e. The Bertz CT molecular complexity index is 580. The van der Waals surface area contributed by atoms with Crippen molar-refractivity contribution in [2.24, 2.45) is 21.8 Å². The van der Waals surface area contributed by atoms with Crippen molar-refractivity contribution in [3.8, 4) is 0 Å². The molecule has 8 heteroatoms. The van der Waals surface area contributed by atoms with Crippen LogP contribution in [0.3, 0.4) is 0 Å². The van der Waals surface area contributed by atoms with Gasteiger partial charge in [0.1, 0.15) is 5.92 Å². The van der Waals surface area contributed by atoms with Crippen LogP contribution in [0.1, 0.15) is 33.6 Å². The topological polar surface area (TPSA) is 88.4 Å². The number of rotatable bonds is 4. The number of ether oxygens (including phenoxy) is 1. The van der Waals surface area contributed by atoms with Crippen molar-refractivity contribution in [2.45, 2.75) is 33.6 Å². The van der Waals surface area contributed by atoms with Gasteiger partial charge in [-0.15, -0.1) is 0 Å². The number of urea groups is 1. The van der Waals surface area contributed by atoms with Crippen molar-refractivity contribution in [2.75, 3.05) is 25.4 Å². The lowest BCUT2D eigenvalue weighted by atomic mass is 9.99. The minimum atomic E-state index is -0.790. The number of carbonyl (C=O) groups excluding carboxylic acids is 3. The molecule has 0 bridgehead atoms. The molecule has 0 spiro atoms. The molecule has 7 nitrogen and oxygen atoms in total. The van der Waals surface area contributed by atoms with Gasteiger partial charge in [0.2, 0.25) is 5.91 Å². The molecule has 1 fully saturated rings. The molecule has 1 atom stereocenters. The van der Waals surface area contributed by atoms with Gasteiger partial charge in [0, 0.05) is 18.8 Å². The summed E-state index contributed by atoms with van der Waals surface area (Å²) in [5, 5.41) is 0.296. The molecule has 1 saturated heterocycles. The maximum absolute atomic E-state index is 12.3. The molecule has 2 aliphatic heterocycles. The Morgan fingerprint density at radius 3 is 2.58 bits per heavy atom. The van der Waals surface area contributed by atoms with Gasteiger partial charge >= 0.3 is 12.0 Å². The molecule has 0 aromatic carbocycles. The number of carbonyl (C=O) groups is 3. The van der Waals surface area contributed by atoms with E-state index < -0.39 is 17.9 Å². The Kier molecular flexibility index (Phi) is 6.53. The summed E-state index contributed by atoms with van der Waals surface area (Å²) in [7, 11) is 0. The molecular weight excluding hydrogens is 330 g/mol. The van der Waals surface area contributed by atoms with E-state index in [-0.39, 0.29) is 18.3 Å². The van der Waals surface area contributed by atoms with Crippen molar-refractivity contribution in [3.05, 3.63) is 0 Å². The highest BCUT2D eigenvalue weighted by molar-refractivity contribution is 8.14. The molecule has 3 amide bonds. The first-order chi connectivity index (χ1) is 11.4. The number of hydrogen-bond donors (Lipinski definition) is 0. The maximum Gasteiger partial charge on any atom is 0.367 e. The van der Waals surface area contributed by atoms with Crippen molar-refractivity contribution >= 4 is 40.4 Å². The number of aliphatic imine (C=N–C) groups is 2. The zero-order valence-electron chi connectivity index (χ0n) is 14.3. The maximum atomic E-state index is 12.3. The second kappa shape index (κ2) is 8.41. The van der Waals surface area contributed by atoms with Crippen LogP contribution >= 0.6 is 11.8 Å². The highest BCUT2D eigenvalue weighted by Gasteiger charge is 2.34. The molecule has 0 aliphatic carbocycles. The van der Waals surface area contributed by atoms with E-state index in [2.05, 4.69) is 16.9 Å². The summed E-state index contributed by atoms with van der Waals surface area (Å²) in [6.45, 7) is 7.25. The minimum Gasteiger partial charge on any atom is -0.465 e. The van der Waals surface area contributed by atoms with Crippen LogP contribution in [0.4, 0.5) is 4.79 Å². The summed E-state index contributed by atoms with van der Waals surface area (Å²) in [6.07, 6.45) is 2.01. The van der Waals surface area contributed by atoms with E-state index >= 15 is 0 Å². The number of hydrogen-bond acceptors (Lipinski definition) is 5. The summed E-state index contributed by atoms with van der Waals surface area (Å²) < 4.78 is 5.03. The lowest BCUT2D eigenvalue weighted by molar-refractivity contribution is -0.143. The molecule has 0 aromatic heterocycles. The molecule has 0 N–H and O–H groups in total. The fourth-order valence-corrected chi connectivity index (χ4v) is 3.71. The van der Waals surface area contributed by atoms with E-state index in [1.54, 1.807) is 13.8 Å². The van der Waals surface area contributed by atoms with E-state index in [0.29, 0.717) is 16.7 Å². The van der Waals surface area contributed by atoms with E-state index in [0.717, 1.165) is 37.7 Å². The first-order valence-electron chi connectivity index (χ1n) is 8.17. The second-order valence-corrected chi connectivity index (χ2v) is 7.02. The van der Waals surface area contributed by atoms with Crippen LogP contribution in [-0.4, -0.2) is 59.0 Å². The van der Waals surface area contributed by atoms with E-state index in [1.807, 2.05) is 4.90 Å². The van der Waals surface area contributed by atoms with Gasteiger partial charge in [-0.25, -0.2) is 4.79 Å². The first kappa shape index (κ1) is 18.6. The molecule has 132 valence electrons. The number of thioether (sulfide) groups is 1. The van der Waals surface area contributed by atoms with Gasteiger partial charge in [0.25, 0.3) is 0 Å². The Morgan fingerprint density at radius 1 is 1.29 bits per heavy atom. The Balaban J connectivity index is 1.99. The van der Waals surface area contributed by atoms with Gasteiger partial charge in [0.05, 0.1) is 17.4 Å². The molecule has 0 saturated carbocycles. The largest absolute Gasteiger partial charge is 0.465 e. The number of amides is 3. The van der Waals surface area contributed by atoms with Gasteiger partial charge in [-0.05, 0) is 32.6 Å². The summed E-state index contributed by atoms with van der Waals surface area (Å²) in [5.74, 6) is -0.471. The third kappa shape index (κ3) is 4.66. The number of nitrogens with zero attached hydrogens (tertiary/aromatic N) is 3. The molecule has 2 heterocycles. The summed E-state index contributed by atoms with van der Waals surface area (Å²) in [5.41, 5.74) is 0.357. The summed E-state index contributed by atoms with van der Waals surface area (Å²) in [6, 6.07) is -0.644. The van der Waals surface area contributed by atoms with Gasteiger partial charge in [-0.2, -0.15) is 9.98 Å². The quantitative estimate of drug-likeness (QED) is 0.723. The standard InChI is InChI=1S/C16H23N3O4S/c1-4-23-15(21)13-11(3)17-16(22)18-14(13)24-9-12(20)19-7-5-10(2)6-8-19/h10,13H,4-9H2,1-3H3. The van der Waals surface area contributed by atoms with Crippen molar-refractivity contribution in [3.63, 3.8) is 0 Å². The van der Waals surface area contributed by atoms with E-state index in [9.17, 15) is 14.4 Å². The average molecular weight is 353 g/mol. The Hall–Kier alpha value is -1.70. The average Bonchev–Trinajstić information content (AvgIpc) is 2.52. The zero-order valence-corrected chi connectivity index (χ0v) is 15.1. The number of likely N-dealkylation sites (tertiary alicyclic amines) is 1. The van der Waals surface area contributed by atoms with Gasteiger partial charge in [-0.1, -0.05) is 18.7 Å². The fourth-order valence-electron chi connectivity index (χ4n) is 2.68. The van der Waals surface area contributed by atoms with Crippen LogP contribution in [0.2, 0.25) is 0 Å². The molecule has 0 radical (unpaired) electrons. The Labute approximate surface area is 145 Å². The van der Waals surface area contributed by atoms with Crippen LogP contribution in [0.5, 0.6) is 0 Å². The molecule has 24 heavy (non-hydrogen) atoms. The normalized spacial score (nSPS) is 22.0. The lowest BCUT2D eigenvalue weighted by Crippen LogP contribution is -2.40.